The number of esters is 2. The lowest BCUT2D eigenvalue weighted by Crippen LogP contribution is -2.50. The van der Waals surface area contributed by atoms with E-state index in [0.717, 1.165) is 11.1 Å². The van der Waals surface area contributed by atoms with Gasteiger partial charge in [0.1, 0.15) is 0 Å². The first-order chi connectivity index (χ1) is 15.2. The van der Waals surface area contributed by atoms with E-state index in [-0.39, 0.29) is 23.3 Å². The highest BCUT2D eigenvalue weighted by molar-refractivity contribution is 5.96. The van der Waals surface area contributed by atoms with Gasteiger partial charge in [0.15, 0.2) is 11.5 Å². The number of benzene rings is 2. The first-order valence-corrected chi connectivity index (χ1v) is 10.3. The van der Waals surface area contributed by atoms with Crippen molar-refractivity contribution in [2.45, 2.75) is 27.7 Å². The molecule has 2 amide bonds. The minimum absolute atomic E-state index is 0.00195. The number of carbonyl (C=O) groups excluding carboxylic acids is 4. The van der Waals surface area contributed by atoms with Crippen molar-refractivity contribution in [2.24, 2.45) is 0 Å². The van der Waals surface area contributed by atoms with Crippen molar-refractivity contribution in [3.05, 3.63) is 58.7 Å². The number of piperazine rings is 1. The Bertz CT molecular complexity index is 1070. The fourth-order valence-corrected chi connectivity index (χ4v) is 3.47. The van der Waals surface area contributed by atoms with Crippen molar-refractivity contribution in [1.82, 2.24) is 9.80 Å². The van der Waals surface area contributed by atoms with Gasteiger partial charge in [0.2, 0.25) is 0 Å². The molecule has 3 rings (SSSR count). The highest BCUT2D eigenvalue weighted by Crippen LogP contribution is 2.29. The Balaban J connectivity index is 1.69. The summed E-state index contributed by atoms with van der Waals surface area (Å²) < 4.78 is 10.1. The topological polar surface area (TPSA) is 93.2 Å². The fourth-order valence-electron chi connectivity index (χ4n) is 3.47. The molecule has 1 aliphatic heterocycles. The van der Waals surface area contributed by atoms with Gasteiger partial charge in [-0.25, -0.2) is 0 Å². The largest absolute Gasteiger partial charge is 0.423 e. The smallest absolute Gasteiger partial charge is 0.308 e. The van der Waals surface area contributed by atoms with Crippen molar-refractivity contribution in [3.63, 3.8) is 0 Å². The van der Waals surface area contributed by atoms with Crippen LogP contribution in [0.4, 0.5) is 0 Å². The van der Waals surface area contributed by atoms with Gasteiger partial charge in [-0.05, 0) is 55.3 Å². The molecular weight excluding hydrogens is 412 g/mol. The summed E-state index contributed by atoms with van der Waals surface area (Å²) in [5.41, 5.74) is 3.13. The van der Waals surface area contributed by atoms with Crippen LogP contribution in [0.5, 0.6) is 11.5 Å². The Labute approximate surface area is 186 Å². The summed E-state index contributed by atoms with van der Waals surface area (Å²) in [6.45, 7) is 8.01. The normalized spacial score (nSPS) is 13.5. The van der Waals surface area contributed by atoms with Crippen LogP contribution < -0.4 is 9.47 Å². The maximum atomic E-state index is 13.0. The molecule has 0 saturated carbocycles. The Kier molecular flexibility index (Phi) is 6.92. The Morgan fingerprint density at radius 2 is 1.12 bits per heavy atom. The molecule has 1 fully saturated rings. The SMILES string of the molecule is CC(=O)Oc1ccc(C(=O)N2CCN(C(=O)c3ccc(C)c(C)c3)CC2)cc1OC(C)=O. The zero-order valence-corrected chi connectivity index (χ0v) is 18.6. The fraction of sp³-hybridized carbons (Fsp3) is 0.333. The number of amides is 2. The first kappa shape index (κ1) is 23.0. The van der Waals surface area contributed by atoms with Gasteiger partial charge < -0.3 is 19.3 Å². The quantitative estimate of drug-likeness (QED) is 0.538. The van der Waals surface area contributed by atoms with Gasteiger partial charge in [-0.2, -0.15) is 0 Å². The molecule has 0 radical (unpaired) electrons. The van der Waals surface area contributed by atoms with Crippen LogP contribution in [0.1, 0.15) is 45.7 Å². The van der Waals surface area contributed by atoms with Gasteiger partial charge in [-0.1, -0.05) is 6.07 Å². The summed E-state index contributed by atoms with van der Waals surface area (Å²) in [5.74, 6) is -1.41. The van der Waals surface area contributed by atoms with E-state index in [9.17, 15) is 19.2 Å². The number of ether oxygens (including phenoxy) is 2. The molecule has 0 bridgehead atoms. The van der Waals surface area contributed by atoms with Gasteiger partial charge >= 0.3 is 11.9 Å². The standard InChI is InChI=1S/C24H26N2O6/c1-15-5-6-19(13-16(15)2)23(29)25-9-11-26(12-10-25)24(30)20-7-8-21(31-17(3)27)22(14-20)32-18(4)28/h5-8,13-14H,9-12H2,1-4H3. The zero-order chi connectivity index (χ0) is 23.4. The van der Waals surface area contributed by atoms with Crippen molar-refractivity contribution in [2.75, 3.05) is 26.2 Å². The average molecular weight is 438 g/mol. The lowest BCUT2D eigenvalue weighted by molar-refractivity contribution is -0.134. The third-order valence-electron chi connectivity index (χ3n) is 5.31. The van der Waals surface area contributed by atoms with Crippen LogP contribution in [-0.2, 0) is 9.59 Å². The van der Waals surface area contributed by atoms with Crippen LogP contribution in [0.25, 0.3) is 0 Å². The third kappa shape index (κ3) is 5.32. The van der Waals surface area contributed by atoms with Crippen LogP contribution >= 0.6 is 0 Å². The minimum atomic E-state index is -0.596. The molecule has 2 aromatic carbocycles. The number of rotatable bonds is 4. The molecule has 1 heterocycles. The summed E-state index contributed by atoms with van der Waals surface area (Å²) >= 11 is 0. The maximum absolute atomic E-state index is 13.0. The van der Waals surface area contributed by atoms with E-state index >= 15 is 0 Å². The summed E-state index contributed by atoms with van der Waals surface area (Å²) in [6, 6.07) is 9.96. The van der Waals surface area contributed by atoms with Crippen molar-refractivity contribution in [1.29, 1.82) is 0 Å². The van der Waals surface area contributed by atoms with Crippen molar-refractivity contribution in [3.8, 4) is 11.5 Å². The summed E-state index contributed by atoms with van der Waals surface area (Å²) in [5, 5.41) is 0. The molecule has 168 valence electrons. The Hall–Kier alpha value is -3.68. The van der Waals surface area contributed by atoms with Gasteiger partial charge in [0.05, 0.1) is 0 Å². The molecule has 0 atom stereocenters. The minimum Gasteiger partial charge on any atom is -0.423 e. The second-order valence-electron chi connectivity index (χ2n) is 7.73. The number of nitrogens with zero attached hydrogens (tertiary/aromatic N) is 2. The Morgan fingerprint density at radius 1 is 0.656 bits per heavy atom. The Morgan fingerprint density at radius 3 is 1.62 bits per heavy atom. The second kappa shape index (κ2) is 9.64. The van der Waals surface area contributed by atoms with E-state index in [4.69, 9.17) is 9.47 Å². The van der Waals surface area contributed by atoms with E-state index < -0.39 is 11.9 Å². The lowest BCUT2D eigenvalue weighted by Gasteiger charge is -2.35. The van der Waals surface area contributed by atoms with Crippen LogP contribution in [0, 0.1) is 13.8 Å². The predicted molar refractivity (Wildman–Crippen MR) is 117 cm³/mol. The molecule has 2 aromatic rings. The number of aryl methyl sites for hydroxylation is 2. The first-order valence-electron chi connectivity index (χ1n) is 10.3. The molecule has 8 heteroatoms. The van der Waals surface area contributed by atoms with Crippen LogP contribution in [0.15, 0.2) is 36.4 Å². The molecule has 0 N–H and O–H groups in total. The van der Waals surface area contributed by atoms with Gasteiger partial charge in [0, 0.05) is 51.2 Å². The second-order valence-corrected chi connectivity index (χ2v) is 7.73. The maximum Gasteiger partial charge on any atom is 0.308 e. The molecule has 32 heavy (non-hydrogen) atoms. The number of hydrogen-bond acceptors (Lipinski definition) is 6. The molecule has 8 nitrogen and oxygen atoms in total. The lowest BCUT2D eigenvalue weighted by atomic mass is 10.1. The molecule has 1 aliphatic rings. The third-order valence-corrected chi connectivity index (χ3v) is 5.31. The summed E-state index contributed by atoms with van der Waals surface area (Å²) in [4.78, 5) is 51.8. The van der Waals surface area contributed by atoms with Crippen LogP contribution in [0.2, 0.25) is 0 Å². The molecule has 0 aliphatic carbocycles. The average Bonchev–Trinajstić information content (AvgIpc) is 2.75. The summed E-state index contributed by atoms with van der Waals surface area (Å²) in [7, 11) is 0. The highest BCUT2D eigenvalue weighted by Gasteiger charge is 2.26. The predicted octanol–water partition coefficient (Wildman–Crippen LogP) is 2.75. The molecule has 0 spiro atoms. The van der Waals surface area contributed by atoms with Gasteiger partial charge in [-0.3, -0.25) is 19.2 Å². The number of hydrogen-bond donors (Lipinski definition) is 0. The summed E-state index contributed by atoms with van der Waals surface area (Å²) in [6.07, 6.45) is 0. The van der Waals surface area contributed by atoms with Crippen molar-refractivity contribution < 1.29 is 28.7 Å². The number of carbonyl (C=O) groups is 4. The van der Waals surface area contributed by atoms with Gasteiger partial charge in [0.25, 0.3) is 11.8 Å². The monoisotopic (exact) mass is 438 g/mol. The van der Waals surface area contributed by atoms with E-state index in [0.29, 0.717) is 37.3 Å². The van der Waals surface area contributed by atoms with E-state index in [1.165, 1.54) is 32.0 Å². The zero-order valence-electron chi connectivity index (χ0n) is 18.6. The van der Waals surface area contributed by atoms with Crippen LogP contribution in [0.3, 0.4) is 0 Å². The van der Waals surface area contributed by atoms with E-state index in [1.54, 1.807) is 9.80 Å². The van der Waals surface area contributed by atoms with E-state index in [1.807, 2.05) is 32.0 Å². The molecule has 0 aromatic heterocycles. The highest BCUT2D eigenvalue weighted by atomic mass is 16.6. The van der Waals surface area contributed by atoms with E-state index in [2.05, 4.69) is 0 Å². The molecular formula is C24H26N2O6. The molecule has 0 unspecified atom stereocenters. The van der Waals surface area contributed by atoms with Gasteiger partial charge in [-0.15, -0.1) is 0 Å². The molecule has 1 saturated heterocycles. The van der Waals surface area contributed by atoms with Crippen molar-refractivity contribution >= 4 is 23.8 Å². The van der Waals surface area contributed by atoms with Crippen LogP contribution in [-0.4, -0.2) is 59.7 Å².